The van der Waals surface area contributed by atoms with Crippen molar-refractivity contribution in [3.05, 3.63) is 157 Å². The van der Waals surface area contributed by atoms with Gasteiger partial charge >= 0.3 is 0 Å². The van der Waals surface area contributed by atoms with Crippen molar-refractivity contribution in [2.24, 2.45) is 0 Å². The van der Waals surface area contributed by atoms with Gasteiger partial charge in [-0.1, -0.05) is 127 Å². The molecule has 0 unspecified atom stereocenters. The van der Waals surface area contributed by atoms with Gasteiger partial charge in [0.15, 0.2) is 0 Å². The molecule has 1 heteroatoms. The fourth-order valence-corrected chi connectivity index (χ4v) is 7.12. The molecule has 0 saturated heterocycles. The maximum absolute atomic E-state index is 8.07. The van der Waals surface area contributed by atoms with Gasteiger partial charge in [-0.2, -0.15) is 0 Å². The lowest BCUT2D eigenvalue weighted by Gasteiger charge is -2.20. The first kappa shape index (κ1) is 23.9. The van der Waals surface area contributed by atoms with Gasteiger partial charge in [-0.3, -0.25) is 0 Å². The maximum atomic E-state index is 8.07. The lowest BCUT2D eigenvalue weighted by molar-refractivity contribution is 0.666. The Morgan fingerprint density at radius 2 is 1.09 bits per heavy atom. The van der Waals surface area contributed by atoms with Crippen molar-refractivity contribution in [3.8, 4) is 33.4 Å². The van der Waals surface area contributed by atoms with Crippen LogP contribution in [-0.4, -0.2) is 0 Å². The molecule has 0 spiro atoms. The number of furan rings is 1. The fourth-order valence-electron chi connectivity index (χ4n) is 7.12. The quantitative estimate of drug-likeness (QED) is 0.196. The smallest absolute Gasteiger partial charge is 0.138 e. The van der Waals surface area contributed by atoms with Gasteiger partial charge in [0.2, 0.25) is 0 Å². The summed E-state index contributed by atoms with van der Waals surface area (Å²) in [7, 11) is 0. The largest absolute Gasteiger partial charge is 0.456 e. The fraction of sp³-hybridized carbons (Fsp3) is 0.0233. The Hall–Kier alpha value is -5.66. The standard InChI is InChI=1S/C43H28O/c1-27-24-31(26-39-33-15-10-11-21-40(33)44-43(27)39)32-14-4-5-16-34(32)42-37-19-8-6-17-35(37)41(36-18-7-9-20-38(36)42)30-23-22-28-12-2-3-13-29(28)25-30/h2-26H,1H3/i2D. The summed E-state index contributed by atoms with van der Waals surface area (Å²) >= 11 is 0. The Morgan fingerprint density at radius 3 is 1.84 bits per heavy atom. The predicted molar refractivity (Wildman–Crippen MR) is 187 cm³/mol. The Kier molecular flexibility index (Phi) is 5.25. The normalized spacial score (nSPS) is 12.1. The Morgan fingerprint density at radius 1 is 0.455 bits per heavy atom. The lowest BCUT2D eigenvalue weighted by atomic mass is 9.83. The number of fused-ring (bicyclic) bond motifs is 6. The minimum Gasteiger partial charge on any atom is -0.456 e. The van der Waals surface area contributed by atoms with Gasteiger partial charge in [-0.15, -0.1) is 0 Å². The summed E-state index contributed by atoms with van der Waals surface area (Å²) < 4.78 is 14.4. The van der Waals surface area contributed by atoms with E-state index in [1.807, 2.05) is 24.3 Å². The van der Waals surface area contributed by atoms with Crippen LogP contribution in [0.5, 0.6) is 0 Å². The molecule has 206 valence electrons. The molecule has 8 aromatic carbocycles. The molecular formula is C43H28O. The van der Waals surface area contributed by atoms with Crippen molar-refractivity contribution >= 4 is 54.3 Å². The molecular weight excluding hydrogens is 532 g/mol. The van der Waals surface area contributed by atoms with Crippen molar-refractivity contribution in [2.75, 3.05) is 0 Å². The molecule has 0 N–H and O–H groups in total. The Labute approximate surface area is 257 Å². The van der Waals surface area contributed by atoms with Gasteiger partial charge in [0.25, 0.3) is 0 Å². The van der Waals surface area contributed by atoms with Crippen LogP contribution in [0.4, 0.5) is 0 Å². The molecule has 0 atom stereocenters. The highest BCUT2D eigenvalue weighted by Gasteiger charge is 2.20. The zero-order valence-electron chi connectivity index (χ0n) is 25.3. The van der Waals surface area contributed by atoms with Crippen LogP contribution in [0.2, 0.25) is 0 Å². The number of hydrogen-bond acceptors (Lipinski definition) is 1. The zero-order chi connectivity index (χ0) is 30.1. The number of para-hydroxylation sites is 1. The van der Waals surface area contributed by atoms with Gasteiger partial charge in [0, 0.05) is 10.8 Å². The molecule has 9 rings (SSSR count). The molecule has 0 bridgehead atoms. The second-order valence-corrected chi connectivity index (χ2v) is 11.6. The number of benzene rings is 8. The van der Waals surface area contributed by atoms with Gasteiger partial charge in [-0.25, -0.2) is 0 Å². The number of hydrogen-bond donors (Lipinski definition) is 0. The van der Waals surface area contributed by atoms with Crippen LogP contribution in [-0.2, 0) is 0 Å². The summed E-state index contributed by atoms with van der Waals surface area (Å²) in [6.45, 7) is 2.14. The second-order valence-electron chi connectivity index (χ2n) is 11.6. The van der Waals surface area contributed by atoms with Gasteiger partial charge in [0.1, 0.15) is 11.2 Å². The minimum absolute atomic E-state index is 0.532. The zero-order valence-corrected chi connectivity index (χ0v) is 24.3. The number of aryl methyl sites for hydroxylation is 1. The maximum Gasteiger partial charge on any atom is 0.138 e. The summed E-state index contributed by atoms with van der Waals surface area (Å²) in [5.41, 5.74) is 10.3. The third-order valence-corrected chi connectivity index (χ3v) is 9.08. The highest BCUT2D eigenvalue weighted by molar-refractivity contribution is 6.23. The van der Waals surface area contributed by atoms with Gasteiger partial charge < -0.3 is 4.42 Å². The molecule has 9 aromatic rings. The highest BCUT2D eigenvalue weighted by atomic mass is 16.3. The van der Waals surface area contributed by atoms with Crippen LogP contribution < -0.4 is 0 Å². The molecule has 44 heavy (non-hydrogen) atoms. The average Bonchev–Trinajstić information content (AvgIpc) is 3.46. The first-order valence-corrected chi connectivity index (χ1v) is 15.1. The van der Waals surface area contributed by atoms with Crippen LogP contribution in [0.25, 0.3) is 87.6 Å². The Balaban J connectivity index is 1.34. The van der Waals surface area contributed by atoms with Crippen LogP contribution in [0.1, 0.15) is 6.93 Å². The molecule has 0 saturated carbocycles. The van der Waals surface area contributed by atoms with E-state index in [2.05, 4.69) is 128 Å². The first-order valence-electron chi connectivity index (χ1n) is 15.6. The summed E-state index contributed by atoms with van der Waals surface area (Å²) in [6.07, 6.45) is 0. The molecule has 0 fully saturated rings. The molecule has 0 aliphatic rings. The van der Waals surface area contributed by atoms with E-state index in [-0.39, 0.29) is 0 Å². The third-order valence-electron chi connectivity index (χ3n) is 9.08. The molecule has 1 nitrogen and oxygen atoms in total. The minimum atomic E-state index is 0.532. The van der Waals surface area contributed by atoms with Gasteiger partial charge in [-0.05, 0) is 102 Å². The molecule has 1 aromatic heterocycles. The monoisotopic (exact) mass is 561 g/mol. The third kappa shape index (κ3) is 3.73. The summed E-state index contributed by atoms with van der Waals surface area (Å²) in [5.74, 6) is 0. The topological polar surface area (TPSA) is 13.1 Å². The van der Waals surface area contributed by atoms with Gasteiger partial charge in [0.05, 0.1) is 1.37 Å². The predicted octanol–water partition coefficient (Wildman–Crippen LogP) is 12.4. The Bertz CT molecular complexity index is 2570. The molecule has 0 radical (unpaired) electrons. The SMILES string of the molecule is [2H]c1ccc2cc(-c3c4ccccc4c(-c4ccccc4-c4cc(C)c5oc6ccccc6c5c4)c4ccccc34)ccc2c1. The van der Waals surface area contributed by atoms with E-state index in [0.29, 0.717) is 6.04 Å². The molecule has 0 amide bonds. The van der Waals surface area contributed by atoms with E-state index in [9.17, 15) is 0 Å². The molecule has 0 aliphatic carbocycles. The van der Waals surface area contributed by atoms with Crippen molar-refractivity contribution < 1.29 is 5.79 Å². The highest BCUT2D eigenvalue weighted by Crippen LogP contribution is 2.47. The van der Waals surface area contributed by atoms with Crippen molar-refractivity contribution in [2.45, 2.75) is 6.92 Å². The number of rotatable bonds is 3. The van der Waals surface area contributed by atoms with Crippen LogP contribution in [0.3, 0.4) is 0 Å². The summed E-state index contributed by atoms with van der Waals surface area (Å²) in [5, 5.41) is 9.43. The first-order chi connectivity index (χ1) is 22.1. The molecule has 1 heterocycles. The van der Waals surface area contributed by atoms with E-state index in [0.717, 1.165) is 38.3 Å². The molecule has 0 aliphatic heterocycles. The van der Waals surface area contributed by atoms with E-state index >= 15 is 0 Å². The lowest BCUT2D eigenvalue weighted by Crippen LogP contribution is -1.93. The van der Waals surface area contributed by atoms with Crippen LogP contribution in [0.15, 0.2) is 156 Å². The van der Waals surface area contributed by atoms with Crippen LogP contribution >= 0.6 is 0 Å². The average molecular weight is 562 g/mol. The van der Waals surface area contributed by atoms with E-state index in [1.54, 1.807) is 0 Å². The summed E-state index contributed by atoms with van der Waals surface area (Å²) in [4.78, 5) is 0. The second kappa shape index (κ2) is 9.69. The van der Waals surface area contributed by atoms with Crippen molar-refractivity contribution in [3.63, 3.8) is 0 Å². The van der Waals surface area contributed by atoms with E-state index in [1.165, 1.54) is 54.9 Å². The summed E-state index contributed by atoms with van der Waals surface area (Å²) in [6, 6.07) is 52.3. The van der Waals surface area contributed by atoms with E-state index < -0.39 is 0 Å². The van der Waals surface area contributed by atoms with Crippen molar-refractivity contribution in [1.82, 2.24) is 0 Å². The van der Waals surface area contributed by atoms with Crippen LogP contribution in [0, 0.1) is 6.92 Å². The van der Waals surface area contributed by atoms with Crippen molar-refractivity contribution in [1.29, 1.82) is 0 Å². The van der Waals surface area contributed by atoms with E-state index in [4.69, 9.17) is 5.79 Å².